The maximum atomic E-state index is 12.6. The first-order chi connectivity index (χ1) is 12.1. The fourth-order valence-electron chi connectivity index (χ4n) is 3.29. The van der Waals surface area contributed by atoms with E-state index in [-0.39, 0.29) is 6.04 Å². The van der Waals surface area contributed by atoms with Crippen molar-refractivity contribution in [2.45, 2.75) is 42.9 Å². The highest BCUT2D eigenvalue weighted by atomic mass is 32.2. The molecule has 1 unspecified atom stereocenters. The molecule has 4 nitrogen and oxygen atoms in total. The van der Waals surface area contributed by atoms with E-state index < -0.39 is 10.0 Å². The van der Waals surface area contributed by atoms with Gasteiger partial charge in [-0.05, 0) is 56.5 Å². The summed E-state index contributed by atoms with van der Waals surface area (Å²) in [5.74, 6) is 0. The normalized spacial score (nSPS) is 17.0. The lowest BCUT2D eigenvalue weighted by Crippen LogP contribution is -2.43. The van der Waals surface area contributed by atoms with Crippen molar-refractivity contribution < 1.29 is 8.42 Å². The zero-order valence-electron chi connectivity index (χ0n) is 14.6. The molecule has 1 aliphatic rings. The predicted octanol–water partition coefficient (Wildman–Crippen LogP) is 3.30. The van der Waals surface area contributed by atoms with Gasteiger partial charge in [-0.1, -0.05) is 37.3 Å². The van der Waals surface area contributed by atoms with Crippen LogP contribution in [-0.2, 0) is 22.9 Å². The third-order valence-corrected chi connectivity index (χ3v) is 7.88. The van der Waals surface area contributed by atoms with Crippen molar-refractivity contribution in [3.8, 4) is 0 Å². The highest BCUT2D eigenvalue weighted by Crippen LogP contribution is 2.22. The van der Waals surface area contributed by atoms with Crippen LogP contribution < -0.4 is 4.72 Å². The van der Waals surface area contributed by atoms with E-state index in [9.17, 15) is 8.42 Å². The first-order valence-corrected chi connectivity index (χ1v) is 11.2. The molecule has 1 aromatic heterocycles. The average molecular weight is 379 g/mol. The zero-order chi connectivity index (χ0) is 17.7. The second-order valence-electron chi connectivity index (χ2n) is 6.51. The van der Waals surface area contributed by atoms with Crippen LogP contribution in [-0.4, -0.2) is 39.0 Å². The molecule has 1 aromatic carbocycles. The summed E-state index contributed by atoms with van der Waals surface area (Å²) in [6.45, 7) is 4.60. The molecular weight excluding hydrogens is 352 g/mol. The van der Waals surface area contributed by atoms with Gasteiger partial charge in [0.2, 0.25) is 10.0 Å². The Hall–Kier alpha value is -1.21. The molecule has 6 heteroatoms. The summed E-state index contributed by atoms with van der Waals surface area (Å²) in [6.07, 6.45) is 4.13. The van der Waals surface area contributed by atoms with E-state index in [2.05, 4.69) is 21.8 Å². The van der Waals surface area contributed by atoms with Gasteiger partial charge in [-0.15, -0.1) is 11.3 Å². The number of aryl methyl sites for hydroxylation is 1. The van der Waals surface area contributed by atoms with Crippen molar-refractivity contribution in [1.29, 1.82) is 0 Å². The number of thiophene rings is 1. The summed E-state index contributed by atoms with van der Waals surface area (Å²) in [5.41, 5.74) is 1.25. The number of hydrogen-bond donors (Lipinski definition) is 1. The Bertz CT molecular complexity index is 766. The molecule has 1 aliphatic heterocycles. The Labute approximate surface area is 154 Å². The predicted molar refractivity (Wildman–Crippen MR) is 104 cm³/mol. The molecule has 0 bridgehead atoms. The summed E-state index contributed by atoms with van der Waals surface area (Å²) in [5, 5.41) is 0. The van der Waals surface area contributed by atoms with Crippen molar-refractivity contribution in [2.24, 2.45) is 0 Å². The van der Waals surface area contributed by atoms with E-state index >= 15 is 0 Å². The molecule has 25 heavy (non-hydrogen) atoms. The standard InChI is InChI=1S/C19H26N2O2S2/c1-2-18-10-11-19(24-18)25(22,23)20-15-17(21-12-6-7-13-21)14-16-8-4-3-5-9-16/h3-5,8-11,17,20H,2,6-7,12-15H2,1H3. The van der Waals surface area contributed by atoms with E-state index in [1.54, 1.807) is 6.07 Å². The van der Waals surface area contributed by atoms with E-state index in [0.717, 1.165) is 30.8 Å². The van der Waals surface area contributed by atoms with E-state index in [0.29, 0.717) is 10.8 Å². The molecule has 1 saturated heterocycles. The van der Waals surface area contributed by atoms with Gasteiger partial charge >= 0.3 is 0 Å². The Morgan fingerprint density at radius 2 is 1.84 bits per heavy atom. The third kappa shape index (κ3) is 4.91. The van der Waals surface area contributed by atoms with Crippen LogP contribution in [0.3, 0.4) is 0 Å². The van der Waals surface area contributed by atoms with Gasteiger partial charge in [0.1, 0.15) is 4.21 Å². The molecule has 1 N–H and O–H groups in total. The topological polar surface area (TPSA) is 49.4 Å². The van der Waals surface area contributed by atoms with Crippen LogP contribution in [0.4, 0.5) is 0 Å². The fraction of sp³-hybridized carbons (Fsp3) is 0.474. The van der Waals surface area contributed by atoms with Crippen molar-refractivity contribution in [3.05, 3.63) is 52.9 Å². The van der Waals surface area contributed by atoms with Crippen LogP contribution >= 0.6 is 11.3 Å². The number of hydrogen-bond acceptors (Lipinski definition) is 4. The second-order valence-corrected chi connectivity index (χ2v) is 9.67. The van der Waals surface area contributed by atoms with Gasteiger partial charge in [0.15, 0.2) is 0 Å². The number of rotatable bonds is 8. The average Bonchev–Trinajstić information content (AvgIpc) is 3.31. The minimum Gasteiger partial charge on any atom is -0.299 e. The molecule has 0 saturated carbocycles. The molecule has 0 spiro atoms. The molecule has 1 atom stereocenters. The summed E-state index contributed by atoms with van der Waals surface area (Å²) < 4.78 is 28.5. The Morgan fingerprint density at radius 1 is 1.12 bits per heavy atom. The van der Waals surface area contributed by atoms with Crippen LogP contribution in [0.5, 0.6) is 0 Å². The van der Waals surface area contributed by atoms with Crippen molar-refractivity contribution in [3.63, 3.8) is 0 Å². The molecule has 1 fully saturated rings. The smallest absolute Gasteiger partial charge is 0.250 e. The molecule has 3 rings (SSSR count). The second kappa shape index (κ2) is 8.45. The van der Waals surface area contributed by atoms with Gasteiger partial charge in [0.25, 0.3) is 0 Å². The highest BCUT2D eigenvalue weighted by Gasteiger charge is 2.25. The summed E-state index contributed by atoms with van der Waals surface area (Å²) >= 11 is 1.36. The van der Waals surface area contributed by atoms with Gasteiger partial charge in [-0.3, -0.25) is 4.90 Å². The van der Waals surface area contributed by atoms with Crippen molar-refractivity contribution >= 4 is 21.4 Å². The van der Waals surface area contributed by atoms with Gasteiger partial charge in [-0.2, -0.15) is 0 Å². The molecule has 2 heterocycles. The lowest BCUT2D eigenvalue weighted by molar-refractivity contribution is 0.241. The van der Waals surface area contributed by atoms with Crippen molar-refractivity contribution in [1.82, 2.24) is 9.62 Å². The lowest BCUT2D eigenvalue weighted by atomic mass is 10.1. The quantitative estimate of drug-likeness (QED) is 0.767. The number of likely N-dealkylation sites (tertiary alicyclic amines) is 1. The van der Waals surface area contributed by atoms with E-state index in [1.807, 2.05) is 31.2 Å². The lowest BCUT2D eigenvalue weighted by Gasteiger charge is -2.27. The summed E-state index contributed by atoms with van der Waals surface area (Å²) in [7, 11) is -3.42. The molecule has 0 aliphatic carbocycles. The molecule has 0 amide bonds. The number of nitrogens with zero attached hydrogens (tertiary/aromatic N) is 1. The monoisotopic (exact) mass is 378 g/mol. The number of sulfonamides is 1. The minimum absolute atomic E-state index is 0.199. The Morgan fingerprint density at radius 3 is 2.48 bits per heavy atom. The van der Waals surface area contributed by atoms with Gasteiger partial charge < -0.3 is 0 Å². The Balaban J connectivity index is 1.69. The first-order valence-electron chi connectivity index (χ1n) is 8.95. The van der Waals surface area contributed by atoms with E-state index in [1.165, 1.54) is 29.7 Å². The maximum absolute atomic E-state index is 12.6. The van der Waals surface area contributed by atoms with Crippen molar-refractivity contribution in [2.75, 3.05) is 19.6 Å². The first kappa shape index (κ1) is 18.6. The maximum Gasteiger partial charge on any atom is 0.250 e. The van der Waals surface area contributed by atoms with Crippen LogP contribution in [0, 0.1) is 0 Å². The number of benzene rings is 1. The molecule has 2 aromatic rings. The zero-order valence-corrected chi connectivity index (χ0v) is 16.3. The fourth-order valence-corrected chi connectivity index (χ4v) is 5.71. The van der Waals surface area contributed by atoms with Crippen LogP contribution in [0.15, 0.2) is 46.7 Å². The van der Waals surface area contributed by atoms with Gasteiger partial charge in [0, 0.05) is 17.5 Å². The highest BCUT2D eigenvalue weighted by molar-refractivity contribution is 7.91. The summed E-state index contributed by atoms with van der Waals surface area (Å²) in [6, 6.07) is 14.1. The minimum atomic E-state index is -3.42. The number of nitrogens with one attached hydrogen (secondary N) is 1. The SMILES string of the molecule is CCc1ccc(S(=O)(=O)NCC(Cc2ccccc2)N2CCCC2)s1. The molecular formula is C19H26N2O2S2. The van der Waals surface area contributed by atoms with Crippen LogP contribution in [0.2, 0.25) is 0 Å². The van der Waals surface area contributed by atoms with Crippen LogP contribution in [0.25, 0.3) is 0 Å². The molecule has 0 radical (unpaired) electrons. The Kier molecular flexibility index (Phi) is 6.28. The van der Waals surface area contributed by atoms with E-state index in [4.69, 9.17) is 0 Å². The summed E-state index contributed by atoms with van der Waals surface area (Å²) in [4.78, 5) is 3.52. The van der Waals surface area contributed by atoms with Crippen LogP contribution in [0.1, 0.15) is 30.2 Å². The molecule has 136 valence electrons. The largest absolute Gasteiger partial charge is 0.299 e. The van der Waals surface area contributed by atoms with Gasteiger partial charge in [-0.25, -0.2) is 13.1 Å². The third-order valence-electron chi connectivity index (χ3n) is 4.73. The van der Waals surface area contributed by atoms with Gasteiger partial charge in [0.05, 0.1) is 0 Å².